The second-order valence-electron chi connectivity index (χ2n) is 13.0. The molecule has 2 fully saturated rings. The van der Waals surface area contributed by atoms with Gasteiger partial charge in [-0.05, 0) is 67.6 Å². The van der Waals surface area contributed by atoms with Gasteiger partial charge in [0.1, 0.15) is 0 Å². The SMILES string of the molecule is CC/C=C/C(O)C(N)COC1OC(CC)C(C)C([C@H](C)C2(C)CC(C)C(C)C(C(C)C(C)CC)O2)C1C.[Rn]. The molecule has 6 heteroatoms. The van der Waals surface area contributed by atoms with E-state index in [1.165, 1.54) is 6.42 Å². The Balaban J connectivity index is 0.00000722. The molecule has 0 bridgehead atoms. The van der Waals surface area contributed by atoms with Crippen molar-refractivity contribution < 1.29 is 91.2 Å². The molecule has 2 heterocycles. The summed E-state index contributed by atoms with van der Waals surface area (Å²) in [5.74, 6) is 3.71. The predicted octanol–water partition coefficient (Wildman–Crippen LogP) is 6.82. The standard InChI is InChI=1S/C32H61NO4.Rn/c1-12-15-16-27(34)26(33)18-35-31-24(9)29(23(8)28(14-3)36-31)25(10)32(11)17-20(5)22(7)30(37-32)21(6)19(4)13-2;/h15-16,19-31,34H,12-14,17-18,33H2,1-11H3;/b16-15+;/t19?,20?,21?,22?,23?,24?,25-,26?,27?,28?,29?,30?,31?,32?;/m0./s1. The van der Waals surface area contributed by atoms with Gasteiger partial charge >= 0.3 is 0 Å². The van der Waals surface area contributed by atoms with Crippen molar-refractivity contribution in [2.75, 3.05) is 6.61 Å². The Labute approximate surface area is 297 Å². The number of nitrogens with two attached hydrogens (primary N) is 1. The summed E-state index contributed by atoms with van der Waals surface area (Å²) in [6.07, 6.45) is 7.16. The largest absolute Gasteiger partial charge is 0.387 e. The molecule has 2 aliphatic rings. The molecule has 0 aromatic carbocycles. The van der Waals surface area contributed by atoms with Gasteiger partial charge in [0, 0.05) is 77.8 Å². The van der Waals surface area contributed by atoms with Crippen molar-refractivity contribution in [3.63, 3.8) is 0 Å². The van der Waals surface area contributed by atoms with E-state index in [1.54, 1.807) is 6.08 Å². The van der Waals surface area contributed by atoms with Crippen molar-refractivity contribution in [3.8, 4) is 0 Å². The summed E-state index contributed by atoms with van der Waals surface area (Å²) in [6, 6.07) is -0.474. The van der Waals surface area contributed by atoms with Crippen molar-refractivity contribution in [3.05, 3.63) is 12.2 Å². The van der Waals surface area contributed by atoms with Crippen LogP contribution in [-0.4, -0.2) is 48.0 Å². The molecular weight excluding hydrogens is 684 g/mol. The third-order valence-corrected chi connectivity index (χ3v) is 10.6. The topological polar surface area (TPSA) is 73.9 Å². The van der Waals surface area contributed by atoms with E-state index >= 15 is 0 Å². The van der Waals surface area contributed by atoms with Crippen LogP contribution in [-0.2, 0) is 14.2 Å². The zero-order chi connectivity index (χ0) is 28.1. The van der Waals surface area contributed by atoms with Crippen molar-refractivity contribution in [1.82, 2.24) is 0 Å². The van der Waals surface area contributed by atoms with E-state index in [0.29, 0.717) is 41.4 Å². The Kier molecular flexibility index (Phi) is 16.9. The zero-order valence-electron chi connectivity index (χ0n) is 26.3. The number of rotatable bonds is 12. The van der Waals surface area contributed by atoms with Crippen LogP contribution in [0.2, 0.25) is 0 Å². The van der Waals surface area contributed by atoms with Crippen LogP contribution in [0.5, 0.6) is 0 Å². The van der Waals surface area contributed by atoms with Gasteiger partial charge in [0.25, 0.3) is 0 Å². The fourth-order valence-electron chi connectivity index (χ4n) is 7.22. The average molecular weight is 746 g/mol. The smallest absolute Gasteiger partial charge is 0.160 e. The monoisotopic (exact) mass is 745 g/mol. The number of aliphatic hydroxyl groups is 1. The summed E-state index contributed by atoms with van der Waals surface area (Å²) < 4.78 is 20.0. The zero-order valence-corrected chi connectivity index (χ0v) is 29.0. The molecule has 226 valence electrons. The van der Waals surface area contributed by atoms with Crippen LogP contribution in [0.4, 0.5) is 0 Å². The first-order chi connectivity index (χ1) is 17.3. The Hall–Kier alpha value is 1.66. The van der Waals surface area contributed by atoms with E-state index in [4.69, 9.17) is 19.9 Å². The fourth-order valence-corrected chi connectivity index (χ4v) is 7.22. The first kappa shape index (κ1) is 37.7. The summed E-state index contributed by atoms with van der Waals surface area (Å²) in [7, 11) is 0. The van der Waals surface area contributed by atoms with E-state index in [1.807, 2.05) is 13.0 Å². The van der Waals surface area contributed by atoms with E-state index in [2.05, 4.69) is 69.2 Å². The number of allylic oxidation sites excluding steroid dienone is 1. The van der Waals surface area contributed by atoms with Crippen LogP contribution in [0.15, 0.2) is 12.2 Å². The molecule has 0 aromatic rings. The van der Waals surface area contributed by atoms with Crippen LogP contribution in [0.3, 0.4) is 0 Å². The second kappa shape index (κ2) is 17.1. The molecule has 5 nitrogen and oxygen atoms in total. The first-order valence-electron chi connectivity index (χ1n) is 15.4. The molecule has 0 aromatic heterocycles. The fraction of sp³-hybridized carbons (Fsp3) is 0.938. The maximum absolute atomic E-state index is 10.4. The molecule has 3 N–H and O–H groups in total. The van der Waals surface area contributed by atoms with Gasteiger partial charge in [-0.3, -0.25) is 0 Å². The van der Waals surface area contributed by atoms with Crippen LogP contribution < -0.4 is 5.73 Å². The third-order valence-electron chi connectivity index (χ3n) is 10.6. The molecule has 0 spiro atoms. The second-order valence-corrected chi connectivity index (χ2v) is 13.0. The number of aliphatic hydroxyl groups excluding tert-OH is 1. The summed E-state index contributed by atoms with van der Waals surface area (Å²) in [5, 5.41) is 10.4. The molecule has 0 amide bonds. The maximum Gasteiger partial charge on any atom is 0.160 e. The van der Waals surface area contributed by atoms with E-state index in [9.17, 15) is 5.11 Å². The van der Waals surface area contributed by atoms with Crippen molar-refractivity contribution in [2.45, 2.75) is 138 Å². The van der Waals surface area contributed by atoms with E-state index in [0.717, 1.165) is 19.3 Å². The first-order valence-corrected chi connectivity index (χ1v) is 15.4. The quantitative estimate of drug-likeness (QED) is 0.215. The number of ether oxygens (including phenoxy) is 3. The van der Waals surface area contributed by atoms with Crippen LogP contribution in [0, 0.1) is 119 Å². The Morgan fingerprint density at radius 2 is 1.68 bits per heavy atom. The molecule has 38 heavy (non-hydrogen) atoms. The van der Waals surface area contributed by atoms with Gasteiger partial charge in [-0.2, -0.15) is 0 Å². The van der Waals surface area contributed by atoms with Gasteiger partial charge in [-0.15, -0.1) is 0 Å². The predicted molar refractivity (Wildman–Crippen MR) is 154 cm³/mol. The molecule has 0 radical (unpaired) electrons. The summed E-state index contributed by atoms with van der Waals surface area (Å²) in [6.45, 7) is 25.8. The minimum atomic E-state index is -0.711. The van der Waals surface area contributed by atoms with E-state index in [-0.39, 0.29) is 108 Å². The third kappa shape index (κ3) is 9.08. The molecule has 14 atom stereocenters. The molecule has 13 unspecified atom stereocenters. The van der Waals surface area contributed by atoms with Gasteiger partial charge < -0.3 is 25.1 Å². The molecule has 0 aliphatic carbocycles. The Morgan fingerprint density at radius 3 is 2.24 bits per heavy atom. The minimum Gasteiger partial charge on any atom is -0.387 e. The number of hydrogen-bond donors (Lipinski definition) is 2. The normalized spacial score (nSPS) is 40.2. The summed E-state index contributed by atoms with van der Waals surface area (Å²) >= 11 is 0. The summed E-state index contributed by atoms with van der Waals surface area (Å²) in [4.78, 5) is 0. The molecule has 2 saturated heterocycles. The molecule has 0 saturated carbocycles. The molecule has 2 aliphatic heterocycles. The van der Waals surface area contributed by atoms with Crippen molar-refractivity contribution >= 4 is 0 Å². The Bertz CT molecular complexity index is 707. The van der Waals surface area contributed by atoms with Gasteiger partial charge in [-0.1, -0.05) is 87.8 Å². The van der Waals surface area contributed by atoms with E-state index < -0.39 is 12.1 Å². The van der Waals surface area contributed by atoms with Gasteiger partial charge in [0.2, 0.25) is 0 Å². The van der Waals surface area contributed by atoms with Gasteiger partial charge in [0.05, 0.1) is 36.6 Å². The number of hydrogen-bond acceptors (Lipinski definition) is 5. The van der Waals surface area contributed by atoms with Crippen LogP contribution >= 0.6 is 0 Å². The maximum atomic E-state index is 10.4. The minimum absolute atomic E-state index is 0. The van der Waals surface area contributed by atoms with Gasteiger partial charge in [-0.25, -0.2) is 0 Å². The van der Waals surface area contributed by atoms with Crippen molar-refractivity contribution in [2.24, 2.45) is 53.1 Å². The summed E-state index contributed by atoms with van der Waals surface area (Å²) in [5.41, 5.74) is 6.06. The average Bonchev–Trinajstić information content (AvgIpc) is 2.87. The van der Waals surface area contributed by atoms with Crippen molar-refractivity contribution in [1.29, 1.82) is 0 Å². The Morgan fingerprint density at radius 1 is 1.05 bits per heavy atom. The van der Waals surface area contributed by atoms with Crippen LogP contribution in [0.1, 0.15) is 102 Å². The van der Waals surface area contributed by atoms with Gasteiger partial charge in [0.15, 0.2) is 6.29 Å². The van der Waals surface area contributed by atoms with Crippen LogP contribution in [0.25, 0.3) is 0 Å². The molecule has 2 rings (SSSR count). The molecular formula is C32H61NO4Rn.